The van der Waals surface area contributed by atoms with Gasteiger partial charge in [0, 0.05) is 11.5 Å². The summed E-state index contributed by atoms with van der Waals surface area (Å²) in [6.45, 7) is 3.63. The van der Waals surface area contributed by atoms with Gasteiger partial charge in [-0.3, -0.25) is 24.5 Å². The molecule has 10 nitrogen and oxygen atoms in total. The van der Waals surface area contributed by atoms with E-state index in [4.69, 9.17) is 14.5 Å². The molecule has 0 unspecified atom stereocenters. The number of rotatable bonds is 5. The molecule has 3 aromatic rings. The zero-order valence-electron chi connectivity index (χ0n) is 22.4. The van der Waals surface area contributed by atoms with Gasteiger partial charge in [-0.15, -0.1) is 5.10 Å². The summed E-state index contributed by atoms with van der Waals surface area (Å²) in [6, 6.07) is 7.77. The van der Waals surface area contributed by atoms with Crippen molar-refractivity contribution in [2.45, 2.75) is 70.0 Å². The fraction of sp³-hybridized carbons (Fsp3) is 0.414. The van der Waals surface area contributed by atoms with Crippen LogP contribution in [0.25, 0.3) is 11.0 Å². The number of ether oxygens (including phenoxy) is 2. The molecule has 2 aliphatic carbocycles. The number of carbonyl (C=O) groups is 3. The molecule has 11 heteroatoms. The van der Waals surface area contributed by atoms with Crippen LogP contribution in [0, 0.1) is 18.8 Å². The van der Waals surface area contributed by atoms with Crippen LogP contribution in [0.15, 0.2) is 28.7 Å². The predicted octanol–water partition coefficient (Wildman–Crippen LogP) is 4.93. The van der Waals surface area contributed by atoms with E-state index >= 15 is 0 Å². The number of benzene rings is 1. The Morgan fingerprint density at radius 3 is 2.62 bits per heavy atom. The van der Waals surface area contributed by atoms with Gasteiger partial charge in [0.05, 0.1) is 11.2 Å². The van der Waals surface area contributed by atoms with Crippen molar-refractivity contribution >= 4 is 56.4 Å². The summed E-state index contributed by atoms with van der Waals surface area (Å²) in [6.07, 6.45) is 2.96. The van der Waals surface area contributed by atoms with Crippen molar-refractivity contribution in [3.63, 3.8) is 0 Å². The first-order chi connectivity index (χ1) is 19.2. The van der Waals surface area contributed by atoms with Gasteiger partial charge in [-0.25, -0.2) is 9.78 Å². The topological polar surface area (TPSA) is 116 Å². The molecular weight excluding hydrogens is 578 g/mol. The number of nitrogens with one attached hydrogen (secondary N) is 1. The van der Waals surface area contributed by atoms with Gasteiger partial charge < -0.3 is 9.47 Å². The lowest BCUT2D eigenvalue weighted by Crippen LogP contribution is -2.44. The molecule has 3 amide bonds. The monoisotopic (exact) mass is 605 g/mol. The Balaban J connectivity index is 1.35. The van der Waals surface area contributed by atoms with Crippen LogP contribution < -0.4 is 15.0 Å². The highest BCUT2D eigenvalue weighted by Gasteiger charge is 2.51. The number of hydrogen-bond acceptors (Lipinski definition) is 7. The molecule has 206 valence electrons. The Morgan fingerprint density at radius 1 is 1.23 bits per heavy atom. The van der Waals surface area contributed by atoms with E-state index < -0.39 is 11.7 Å². The third kappa shape index (κ3) is 4.60. The second kappa shape index (κ2) is 9.93. The minimum atomic E-state index is -1.11. The third-order valence-corrected chi connectivity index (χ3v) is 8.67. The average Bonchev–Trinajstić information content (AvgIpc) is 3.67. The number of halogens is 1. The molecule has 6 rings (SSSR count). The highest BCUT2D eigenvalue weighted by molar-refractivity contribution is 9.10. The van der Waals surface area contributed by atoms with Crippen molar-refractivity contribution in [1.82, 2.24) is 20.1 Å². The molecule has 1 N–H and O–H groups in total. The zero-order valence-corrected chi connectivity index (χ0v) is 24.0. The smallest absolute Gasteiger partial charge is 0.415 e. The van der Waals surface area contributed by atoms with Crippen molar-refractivity contribution in [2.24, 2.45) is 7.05 Å². The van der Waals surface area contributed by atoms with Gasteiger partial charge in [0.25, 0.3) is 11.8 Å². The Morgan fingerprint density at radius 2 is 1.98 bits per heavy atom. The van der Waals surface area contributed by atoms with Gasteiger partial charge in [-0.2, -0.15) is 0 Å². The van der Waals surface area contributed by atoms with Gasteiger partial charge >= 0.3 is 12.0 Å². The van der Waals surface area contributed by atoms with Crippen molar-refractivity contribution in [3.8, 4) is 17.7 Å². The van der Waals surface area contributed by atoms with E-state index in [2.05, 4.69) is 44.3 Å². The molecule has 40 heavy (non-hydrogen) atoms. The van der Waals surface area contributed by atoms with E-state index in [1.165, 1.54) is 0 Å². The molecule has 1 aromatic carbocycles. The number of pyridine rings is 1. The number of hydrogen-bond donors (Lipinski definition) is 1. The lowest BCUT2D eigenvalue weighted by Gasteiger charge is -2.32. The molecule has 2 saturated carbocycles. The SMILES string of the molecule is CC#CC(=O)N(c1ccc2c(n1)c(OC1CCC3(CC1)OC(=O)NC3=O)nn2C)c1cc(C)c(Br)cc1C1CC1. The lowest BCUT2D eigenvalue weighted by molar-refractivity contribution is -0.135. The average molecular weight is 606 g/mol. The molecule has 1 spiro atoms. The second-order valence-electron chi connectivity index (χ2n) is 10.6. The fourth-order valence-corrected chi connectivity index (χ4v) is 5.88. The van der Waals surface area contributed by atoms with Crippen LogP contribution in [0.3, 0.4) is 0 Å². The Kier molecular flexibility index (Phi) is 6.53. The van der Waals surface area contributed by atoms with Gasteiger partial charge in [0.2, 0.25) is 0 Å². The quantitative estimate of drug-likeness (QED) is 0.410. The summed E-state index contributed by atoms with van der Waals surface area (Å²) >= 11 is 3.65. The maximum atomic E-state index is 13.4. The molecule has 0 bridgehead atoms. The molecule has 0 radical (unpaired) electrons. The maximum Gasteiger partial charge on any atom is 0.415 e. The number of imide groups is 1. The number of amides is 3. The number of aryl methyl sites for hydroxylation is 2. The minimum Gasteiger partial charge on any atom is -0.472 e. The molecular formula is C29H28BrN5O5. The van der Waals surface area contributed by atoms with Crippen LogP contribution in [0.4, 0.5) is 16.3 Å². The van der Waals surface area contributed by atoms with E-state index in [9.17, 15) is 14.4 Å². The number of aromatic nitrogens is 3. The van der Waals surface area contributed by atoms with E-state index in [0.717, 1.165) is 39.6 Å². The zero-order chi connectivity index (χ0) is 28.2. The van der Waals surface area contributed by atoms with Crippen LogP contribution in [0.5, 0.6) is 5.88 Å². The fourth-order valence-electron chi connectivity index (χ4n) is 5.52. The van der Waals surface area contributed by atoms with E-state index in [0.29, 0.717) is 48.8 Å². The van der Waals surface area contributed by atoms with E-state index in [1.807, 2.05) is 26.1 Å². The Hall–Kier alpha value is -3.91. The molecule has 1 saturated heterocycles. The first kappa shape index (κ1) is 26.3. The van der Waals surface area contributed by atoms with Crippen LogP contribution in [0.1, 0.15) is 62.5 Å². The van der Waals surface area contributed by atoms with Crippen molar-refractivity contribution < 1.29 is 23.9 Å². The molecule has 3 heterocycles. The van der Waals surface area contributed by atoms with Crippen molar-refractivity contribution in [3.05, 3.63) is 39.9 Å². The molecule has 3 aliphatic rings. The third-order valence-electron chi connectivity index (χ3n) is 7.82. The van der Waals surface area contributed by atoms with E-state index in [1.54, 1.807) is 22.6 Å². The highest BCUT2D eigenvalue weighted by atomic mass is 79.9. The van der Waals surface area contributed by atoms with Crippen LogP contribution in [0.2, 0.25) is 0 Å². The van der Waals surface area contributed by atoms with Crippen LogP contribution in [-0.2, 0) is 21.4 Å². The van der Waals surface area contributed by atoms with Crippen LogP contribution in [-0.4, -0.2) is 44.4 Å². The molecule has 2 aromatic heterocycles. The van der Waals surface area contributed by atoms with E-state index in [-0.39, 0.29) is 17.9 Å². The normalized spacial score (nSPS) is 22.1. The first-order valence-electron chi connectivity index (χ1n) is 13.3. The summed E-state index contributed by atoms with van der Waals surface area (Å²) in [7, 11) is 1.81. The summed E-state index contributed by atoms with van der Waals surface area (Å²) in [5.74, 6) is 5.82. The summed E-state index contributed by atoms with van der Waals surface area (Å²) in [4.78, 5) is 43.7. The molecule has 1 aliphatic heterocycles. The number of carbonyl (C=O) groups excluding carboxylic acids is 3. The first-order valence-corrected chi connectivity index (χ1v) is 14.1. The van der Waals surface area contributed by atoms with Crippen molar-refractivity contribution in [1.29, 1.82) is 0 Å². The standard InChI is InChI=1S/C29H28BrN5O5/c1-4-5-24(36)35(22-14-16(2)20(30)15-19(22)17-6-7-17)23-9-8-21-25(31-23)26(33-34(21)3)39-18-10-12-29(13-11-18)27(37)32-28(38)40-29/h8-9,14-15,17-18H,6-7,10-13H2,1-3H3,(H,32,37,38). The summed E-state index contributed by atoms with van der Waals surface area (Å²) in [5, 5.41) is 6.79. The van der Waals surface area contributed by atoms with Gasteiger partial charge in [0.15, 0.2) is 11.1 Å². The largest absolute Gasteiger partial charge is 0.472 e. The Bertz CT molecular complexity index is 1620. The van der Waals surface area contributed by atoms with Gasteiger partial charge in [-0.1, -0.05) is 21.9 Å². The van der Waals surface area contributed by atoms with Gasteiger partial charge in [-0.05, 0) is 99.6 Å². The number of alkyl carbamates (subject to hydrolysis) is 1. The summed E-state index contributed by atoms with van der Waals surface area (Å²) < 4.78 is 14.3. The van der Waals surface area contributed by atoms with Gasteiger partial charge in [0.1, 0.15) is 11.9 Å². The molecule has 0 atom stereocenters. The predicted molar refractivity (Wildman–Crippen MR) is 150 cm³/mol. The minimum absolute atomic E-state index is 0.236. The maximum absolute atomic E-state index is 13.4. The number of anilines is 2. The summed E-state index contributed by atoms with van der Waals surface area (Å²) in [5.41, 5.74) is 3.02. The molecule has 3 fully saturated rings. The number of fused-ring (bicyclic) bond motifs is 1. The highest BCUT2D eigenvalue weighted by Crippen LogP contribution is 2.47. The Labute approximate surface area is 239 Å². The van der Waals surface area contributed by atoms with Crippen LogP contribution >= 0.6 is 15.9 Å². The van der Waals surface area contributed by atoms with Crippen molar-refractivity contribution in [2.75, 3.05) is 4.90 Å². The lowest BCUT2D eigenvalue weighted by atomic mass is 9.83. The second-order valence-corrected chi connectivity index (χ2v) is 11.4. The number of nitrogens with zero attached hydrogens (tertiary/aromatic N) is 4.